The smallest absolute Gasteiger partial charge is 0.263 e. The number of benzene rings is 3. The van der Waals surface area contributed by atoms with Crippen LogP contribution in [0.2, 0.25) is 0 Å². The standard InChI is InChI=1S/C31H25N3O4/c1-36-24-14-16-25(17-15-24)38-21-28(35)33-31-27(19-32)29(22-9-4-2-5-10-22)30(23-11-6-3-7-12-23)34(31)20-26-13-8-18-37-26/h2-18H,20-21H2,1H3,(H,33,35). The molecule has 0 unspecified atom stereocenters. The zero-order chi connectivity index (χ0) is 26.3. The molecule has 0 saturated heterocycles. The Bertz CT molecular complexity index is 1550. The van der Waals surface area contributed by atoms with E-state index in [0.29, 0.717) is 35.2 Å². The number of anilines is 1. The third-order valence-electron chi connectivity index (χ3n) is 6.07. The van der Waals surface area contributed by atoms with Gasteiger partial charge in [-0.2, -0.15) is 5.26 Å². The quantitative estimate of drug-likeness (QED) is 0.253. The molecule has 3 aromatic carbocycles. The van der Waals surface area contributed by atoms with E-state index in [9.17, 15) is 10.1 Å². The highest BCUT2D eigenvalue weighted by atomic mass is 16.5. The Morgan fingerprint density at radius 1 is 0.895 bits per heavy atom. The molecule has 0 aliphatic heterocycles. The van der Waals surface area contributed by atoms with Gasteiger partial charge >= 0.3 is 0 Å². The molecule has 188 valence electrons. The summed E-state index contributed by atoms with van der Waals surface area (Å²) in [5.41, 5.74) is 3.67. The van der Waals surface area contributed by atoms with Crippen molar-refractivity contribution >= 4 is 11.7 Å². The van der Waals surface area contributed by atoms with Gasteiger partial charge in [-0.15, -0.1) is 0 Å². The van der Waals surface area contributed by atoms with E-state index in [1.807, 2.05) is 77.4 Å². The molecule has 0 fully saturated rings. The molecule has 1 N–H and O–H groups in total. The van der Waals surface area contributed by atoms with Gasteiger partial charge in [0.15, 0.2) is 6.61 Å². The predicted molar refractivity (Wildman–Crippen MR) is 145 cm³/mol. The fourth-order valence-electron chi connectivity index (χ4n) is 4.34. The van der Waals surface area contributed by atoms with Crippen molar-refractivity contribution < 1.29 is 18.7 Å². The first-order chi connectivity index (χ1) is 18.7. The Morgan fingerprint density at radius 2 is 1.55 bits per heavy atom. The third kappa shape index (κ3) is 5.15. The van der Waals surface area contributed by atoms with Crippen LogP contribution in [0.1, 0.15) is 11.3 Å². The summed E-state index contributed by atoms with van der Waals surface area (Å²) in [7, 11) is 1.58. The van der Waals surface area contributed by atoms with Crippen LogP contribution in [0.3, 0.4) is 0 Å². The topological polar surface area (TPSA) is 89.4 Å². The maximum atomic E-state index is 13.1. The van der Waals surface area contributed by atoms with E-state index < -0.39 is 5.91 Å². The minimum Gasteiger partial charge on any atom is -0.497 e. The highest BCUT2D eigenvalue weighted by molar-refractivity contribution is 5.98. The van der Waals surface area contributed by atoms with E-state index in [1.54, 1.807) is 37.6 Å². The average Bonchev–Trinajstić information content (AvgIpc) is 3.59. The van der Waals surface area contributed by atoms with Crippen LogP contribution in [0.4, 0.5) is 5.82 Å². The van der Waals surface area contributed by atoms with Crippen molar-refractivity contribution in [1.82, 2.24) is 4.57 Å². The summed E-state index contributed by atoms with van der Waals surface area (Å²) in [6.45, 7) is 0.0815. The molecule has 0 saturated carbocycles. The van der Waals surface area contributed by atoms with Crippen LogP contribution in [0, 0.1) is 11.3 Å². The van der Waals surface area contributed by atoms with Gasteiger partial charge in [-0.1, -0.05) is 60.7 Å². The van der Waals surface area contributed by atoms with Gasteiger partial charge in [0.25, 0.3) is 5.91 Å². The lowest BCUT2D eigenvalue weighted by molar-refractivity contribution is -0.118. The van der Waals surface area contributed by atoms with Crippen molar-refractivity contribution in [2.45, 2.75) is 6.54 Å². The number of nitriles is 1. The van der Waals surface area contributed by atoms with Crippen LogP contribution in [-0.2, 0) is 11.3 Å². The zero-order valence-electron chi connectivity index (χ0n) is 20.8. The molecule has 0 radical (unpaired) electrons. The highest BCUT2D eigenvalue weighted by Gasteiger charge is 2.27. The summed E-state index contributed by atoms with van der Waals surface area (Å²) in [6, 6.07) is 32.5. The fraction of sp³-hybridized carbons (Fsp3) is 0.0968. The molecule has 0 aliphatic rings. The van der Waals surface area contributed by atoms with Crippen molar-refractivity contribution in [3.05, 3.63) is 115 Å². The molecule has 5 aromatic rings. The fourth-order valence-corrected chi connectivity index (χ4v) is 4.34. The molecule has 0 aliphatic carbocycles. The molecule has 2 aromatic heterocycles. The molecule has 2 heterocycles. The molecule has 0 atom stereocenters. The first kappa shape index (κ1) is 24.5. The number of aromatic nitrogens is 1. The van der Waals surface area contributed by atoms with Gasteiger partial charge in [0, 0.05) is 5.56 Å². The first-order valence-corrected chi connectivity index (χ1v) is 12.0. The van der Waals surface area contributed by atoms with Gasteiger partial charge in [-0.05, 0) is 47.5 Å². The highest BCUT2D eigenvalue weighted by Crippen LogP contribution is 2.42. The summed E-state index contributed by atoms with van der Waals surface area (Å²) >= 11 is 0. The van der Waals surface area contributed by atoms with Gasteiger partial charge in [0.05, 0.1) is 25.6 Å². The average molecular weight is 504 g/mol. The Hall–Kier alpha value is -5.22. The Kier molecular flexibility index (Phi) is 7.23. The van der Waals surface area contributed by atoms with Crippen LogP contribution < -0.4 is 14.8 Å². The second-order valence-electron chi connectivity index (χ2n) is 8.47. The molecule has 7 nitrogen and oxygen atoms in total. The van der Waals surface area contributed by atoms with Crippen LogP contribution in [-0.4, -0.2) is 24.2 Å². The van der Waals surface area contributed by atoms with E-state index in [0.717, 1.165) is 22.4 Å². The number of hydrogen-bond acceptors (Lipinski definition) is 5. The zero-order valence-corrected chi connectivity index (χ0v) is 20.8. The van der Waals surface area contributed by atoms with Gasteiger partial charge in [0.2, 0.25) is 0 Å². The van der Waals surface area contributed by atoms with Gasteiger partial charge in [-0.3, -0.25) is 4.79 Å². The number of carbonyl (C=O) groups excluding carboxylic acids is 1. The number of amides is 1. The van der Waals surface area contributed by atoms with Crippen LogP contribution in [0.15, 0.2) is 108 Å². The number of furan rings is 1. The largest absolute Gasteiger partial charge is 0.497 e. The molecule has 38 heavy (non-hydrogen) atoms. The summed E-state index contributed by atoms with van der Waals surface area (Å²) < 4.78 is 18.4. The third-order valence-corrected chi connectivity index (χ3v) is 6.07. The summed E-state index contributed by atoms with van der Waals surface area (Å²) in [6.07, 6.45) is 1.60. The first-order valence-electron chi connectivity index (χ1n) is 12.0. The number of carbonyl (C=O) groups is 1. The summed E-state index contributed by atoms with van der Waals surface area (Å²) in [5, 5.41) is 13.3. The SMILES string of the molecule is COc1ccc(OCC(=O)Nc2c(C#N)c(-c3ccccc3)c(-c3ccccc3)n2Cc2ccco2)cc1. The number of nitrogens with one attached hydrogen (secondary N) is 1. The monoisotopic (exact) mass is 503 g/mol. The molecule has 0 bridgehead atoms. The number of methoxy groups -OCH3 is 1. The minimum atomic E-state index is -0.394. The van der Waals surface area contributed by atoms with Crippen molar-refractivity contribution in [3.63, 3.8) is 0 Å². The normalized spacial score (nSPS) is 10.5. The lowest BCUT2D eigenvalue weighted by Crippen LogP contribution is -2.22. The molecular formula is C31H25N3O4. The van der Waals surface area contributed by atoms with Crippen molar-refractivity contribution in [2.24, 2.45) is 0 Å². The van der Waals surface area contributed by atoms with E-state index in [4.69, 9.17) is 13.9 Å². The van der Waals surface area contributed by atoms with E-state index in [-0.39, 0.29) is 6.61 Å². The minimum absolute atomic E-state index is 0.232. The van der Waals surface area contributed by atoms with E-state index in [2.05, 4.69) is 11.4 Å². The molecular weight excluding hydrogens is 478 g/mol. The molecule has 1 amide bonds. The number of rotatable bonds is 9. The second kappa shape index (κ2) is 11.2. The molecule has 7 heteroatoms. The predicted octanol–water partition coefficient (Wildman–Crippen LogP) is 6.36. The van der Waals surface area contributed by atoms with Gasteiger partial charge in [0.1, 0.15) is 34.7 Å². The van der Waals surface area contributed by atoms with E-state index >= 15 is 0 Å². The Balaban J connectivity index is 1.58. The maximum Gasteiger partial charge on any atom is 0.263 e. The van der Waals surface area contributed by atoms with Crippen LogP contribution in [0.25, 0.3) is 22.4 Å². The van der Waals surface area contributed by atoms with Crippen LogP contribution >= 0.6 is 0 Å². The Morgan fingerprint density at radius 3 is 2.16 bits per heavy atom. The Labute approximate surface area is 220 Å². The van der Waals surface area contributed by atoms with Gasteiger partial charge < -0.3 is 23.8 Å². The number of nitrogens with zero attached hydrogens (tertiary/aromatic N) is 2. The van der Waals surface area contributed by atoms with Gasteiger partial charge in [-0.25, -0.2) is 0 Å². The maximum absolute atomic E-state index is 13.1. The van der Waals surface area contributed by atoms with Crippen LogP contribution in [0.5, 0.6) is 11.5 Å². The summed E-state index contributed by atoms with van der Waals surface area (Å²) in [5.74, 6) is 1.89. The van der Waals surface area contributed by atoms with Crippen molar-refractivity contribution in [3.8, 4) is 40.0 Å². The molecule has 5 rings (SSSR count). The lowest BCUT2D eigenvalue weighted by atomic mass is 9.98. The number of hydrogen-bond donors (Lipinski definition) is 1. The molecule has 0 spiro atoms. The number of ether oxygens (including phenoxy) is 2. The van der Waals surface area contributed by atoms with Crippen molar-refractivity contribution in [2.75, 3.05) is 19.0 Å². The van der Waals surface area contributed by atoms with Crippen molar-refractivity contribution in [1.29, 1.82) is 5.26 Å². The summed E-state index contributed by atoms with van der Waals surface area (Å²) in [4.78, 5) is 13.1. The second-order valence-corrected chi connectivity index (χ2v) is 8.47. The lowest BCUT2D eigenvalue weighted by Gasteiger charge is -2.15. The van der Waals surface area contributed by atoms with E-state index in [1.165, 1.54) is 0 Å².